The lowest BCUT2D eigenvalue weighted by Gasteiger charge is -2.30. The fraction of sp³-hybridized carbons (Fsp3) is 0.583. The van der Waals surface area contributed by atoms with Gasteiger partial charge in [0.2, 0.25) is 0 Å². The van der Waals surface area contributed by atoms with E-state index in [9.17, 15) is 0 Å². The van der Waals surface area contributed by atoms with E-state index in [4.69, 9.17) is 27.2 Å². The van der Waals surface area contributed by atoms with E-state index >= 15 is 0 Å². The molecule has 0 radical (unpaired) electrons. The Morgan fingerprint density at radius 1 is 1.67 bits per heavy atom. The third kappa shape index (κ3) is 3.25. The van der Waals surface area contributed by atoms with Gasteiger partial charge in [0.25, 0.3) is 0 Å². The lowest BCUT2D eigenvalue weighted by Crippen LogP contribution is -2.37. The van der Waals surface area contributed by atoms with E-state index in [-0.39, 0.29) is 24.3 Å². The van der Waals surface area contributed by atoms with E-state index in [1.807, 2.05) is 13.8 Å². The SMILES string of the molecule is C=C1N=C(N)C=CN1C1OC(CO)CC1Cl.CC. The van der Waals surface area contributed by atoms with Gasteiger partial charge in [0.1, 0.15) is 11.7 Å². The second-order valence-electron chi connectivity index (χ2n) is 3.76. The van der Waals surface area contributed by atoms with Crippen molar-refractivity contribution in [1.29, 1.82) is 0 Å². The summed E-state index contributed by atoms with van der Waals surface area (Å²) in [7, 11) is 0. The van der Waals surface area contributed by atoms with Crippen molar-refractivity contribution in [1.82, 2.24) is 4.90 Å². The maximum atomic E-state index is 9.02. The maximum absolute atomic E-state index is 9.02. The largest absolute Gasteiger partial charge is 0.394 e. The van der Waals surface area contributed by atoms with Gasteiger partial charge in [-0.1, -0.05) is 20.4 Å². The normalized spacial score (nSPS) is 30.9. The molecule has 0 bridgehead atoms. The molecule has 2 aliphatic rings. The van der Waals surface area contributed by atoms with Crippen molar-refractivity contribution in [3.05, 3.63) is 24.7 Å². The Kier molecular flexibility index (Phi) is 5.65. The van der Waals surface area contributed by atoms with Crippen LogP contribution in [0.25, 0.3) is 0 Å². The molecule has 0 saturated carbocycles. The number of halogens is 1. The van der Waals surface area contributed by atoms with E-state index in [0.717, 1.165) is 0 Å². The summed E-state index contributed by atoms with van der Waals surface area (Å²) < 4.78 is 5.59. The van der Waals surface area contributed by atoms with Crippen LogP contribution in [0.3, 0.4) is 0 Å². The summed E-state index contributed by atoms with van der Waals surface area (Å²) in [4.78, 5) is 5.76. The van der Waals surface area contributed by atoms with Gasteiger partial charge in [-0.3, -0.25) is 0 Å². The highest BCUT2D eigenvalue weighted by Gasteiger charge is 2.38. The van der Waals surface area contributed by atoms with Crippen LogP contribution in [0.4, 0.5) is 0 Å². The molecule has 0 amide bonds. The molecule has 18 heavy (non-hydrogen) atoms. The zero-order valence-electron chi connectivity index (χ0n) is 10.7. The highest BCUT2D eigenvalue weighted by atomic mass is 35.5. The number of nitrogens with zero attached hydrogens (tertiary/aromatic N) is 2. The first kappa shape index (κ1) is 15.0. The summed E-state index contributed by atoms with van der Waals surface area (Å²) in [6, 6.07) is 0. The second-order valence-corrected chi connectivity index (χ2v) is 4.32. The summed E-state index contributed by atoms with van der Waals surface area (Å²) in [5.74, 6) is 0.901. The van der Waals surface area contributed by atoms with Crippen molar-refractivity contribution in [2.45, 2.75) is 38.0 Å². The average Bonchev–Trinajstić information content (AvgIpc) is 2.73. The Labute approximate surface area is 113 Å². The van der Waals surface area contributed by atoms with Crippen LogP contribution in [-0.4, -0.2) is 40.2 Å². The van der Waals surface area contributed by atoms with Crippen LogP contribution in [0.1, 0.15) is 20.3 Å². The highest BCUT2D eigenvalue weighted by Crippen LogP contribution is 2.30. The van der Waals surface area contributed by atoms with Crippen LogP contribution in [-0.2, 0) is 4.74 Å². The minimum atomic E-state index is -0.348. The molecule has 3 atom stereocenters. The fourth-order valence-corrected chi connectivity index (χ4v) is 2.16. The van der Waals surface area contributed by atoms with E-state index in [1.54, 1.807) is 17.2 Å². The maximum Gasteiger partial charge on any atom is 0.152 e. The predicted octanol–water partition coefficient (Wildman–Crippen LogP) is 1.38. The predicted molar refractivity (Wildman–Crippen MR) is 73.1 cm³/mol. The van der Waals surface area contributed by atoms with E-state index in [2.05, 4.69) is 11.6 Å². The van der Waals surface area contributed by atoms with Gasteiger partial charge >= 0.3 is 0 Å². The molecule has 1 saturated heterocycles. The molecule has 0 aromatic carbocycles. The van der Waals surface area contributed by atoms with Crippen molar-refractivity contribution in [3.63, 3.8) is 0 Å². The monoisotopic (exact) mass is 273 g/mol. The first-order chi connectivity index (χ1) is 8.61. The molecule has 0 aromatic rings. The molecule has 102 valence electrons. The summed E-state index contributed by atoms with van der Waals surface area (Å²) in [6.07, 6.45) is 3.44. The number of nitrogens with two attached hydrogens (primary N) is 1. The minimum absolute atomic E-state index is 0.0326. The number of hydrogen-bond acceptors (Lipinski definition) is 5. The topological polar surface area (TPSA) is 71.1 Å². The smallest absolute Gasteiger partial charge is 0.152 e. The molecule has 2 heterocycles. The number of amidine groups is 1. The van der Waals surface area contributed by atoms with Crippen LogP contribution in [0, 0.1) is 0 Å². The molecule has 3 unspecified atom stereocenters. The second kappa shape index (κ2) is 6.78. The molecule has 0 aliphatic carbocycles. The summed E-state index contributed by atoms with van der Waals surface area (Å²) in [5.41, 5.74) is 5.54. The van der Waals surface area contributed by atoms with Crippen LogP contribution >= 0.6 is 11.6 Å². The average molecular weight is 274 g/mol. The Morgan fingerprint density at radius 3 is 2.83 bits per heavy atom. The number of aliphatic imine (C=N–C) groups is 1. The molecule has 2 aliphatic heterocycles. The van der Waals surface area contributed by atoms with Gasteiger partial charge in [-0.05, 0) is 12.5 Å². The summed E-state index contributed by atoms with van der Waals surface area (Å²) in [6.45, 7) is 7.75. The molecule has 3 N–H and O–H groups in total. The summed E-state index contributed by atoms with van der Waals surface area (Å²) >= 11 is 6.15. The number of aliphatic hydroxyl groups is 1. The molecular formula is C12H20ClN3O2. The minimum Gasteiger partial charge on any atom is -0.394 e. The number of hydrogen-bond donors (Lipinski definition) is 2. The standard InChI is InChI=1S/C10H14ClN3O2.C2H6/c1-6-13-9(12)2-3-14(6)10-8(11)4-7(5-15)16-10;1-2/h2-3,7-8,10,15H,1,4-5H2,(H2,12,13);1-2H3. The molecule has 2 rings (SSSR count). The van der Waals surface area contributed by atoms with Crippen LogP contribution < -0.4 is 5.73 Å². The molecule has 1 fully saturated rings. The van der Waals surface area contributed by atoms with Crippen LogP contribution in [0.15, 0.2) is 29.7 Å². The zero-order valence-corrected chi connectivity index (χ0v) is 11.5. The van der Waals surface area contributed by atoms with Gasteiger partial charge in [-0.25, -0.2) is 4.99 Å². The highest BCUT2D eigenvalue weighted by molar-refractivity contribution is 6.21. The van der Waals surface area contributed by atoms with Crippen molar-refractivity contribution < 1.29 is 9.84 Å². The number of aliphatic hydroxyl groups excluding tert-OH is 1. The molecule has 6 heteroatoms. The first-order valence-corrected chi connectivity index (χ1v) is 6.45. The lowest BCUT2D eigenvalue weighted by molar-refractivity contribution is -0.0388. The van der Waals surface area contributed by atoms with Gasteiger partial charge in [0, 0.05) is 6.20 Å². The molecule has 5 nitrogen and oxygen atoms in total. The Hall–Kier alpha value is -1.04. The molecule has 0 spiro atoms. The fourth-order valence-electron chi connectivity index (χ4n) is 1.78. The third-order valence-electron chi connectivity index (χ3n) is 2.57. The van der Waals surface area contributed by atoms with Crippen LogP contribution in [0.2, 0.25) is 0 Å². The number of ether oxygens (including phenoxy) is 1. The number of alkyl halides is 1. The first-order valence-electron chi connectivity index (χ1n) is 6.02. The van der Waals surface area contributed by atoms with Gasteiger partial charge in [-0.2, -0.15) is 0 Å². The third-order valence-corrected chi connectivity index (χ3v) is 2.96. The number of rotatable bonds is 2. The summed E-state index contributed by atoms with van der Waals surface area (Å²) in [5, 5.41) is 8.82. The van der Waals surface area contributed by atoms with Crippen molar-refractivity contribution >= 4 is 17.4 Å². The van der Waals surface area contributed by atoms with E-state index in [0.29, 0.717) is 18.1 Å². The Morgan fingerprint density at radius 2 is 2.33 bits per heavy atom. The van der Waals surface area contributed by atoms with Gasteiger partial charge in [0.15, 0.2) is 6.23 Å². The molecular weight excluding hydrogens is 254 g/mol. The van der Waals surface area contributed by atoms with Crippen molar-refractivity contribution in [3.8, 4) is 0 Å². The van der Waals surface area contributed by atoms with Gasteiger partial charge < -0.3 is 20.5 Å². The van der Waals surface area contributed by atoms with Crippen molar-refractivity contribution in [2.24, 2.45) is 10.7 Å². The lowest BCUT2D eigenvalue weighted by atomic mass is 10.2. The molecule has 0 aromatic heterocycles. The Bertz CT molecular complexity index is 357. The van der Waals surface area contributed by atoms with Gasteiger partial charge in [-0.15, -0.1) is 11.6 Å². The van der Waals surface area contributed by atoms with Crippen molar-refractivity contribution in [2.75, 3.05) is 6.61 Å². The van der Waals surface area contributed by atoms with E-state index < -0.39 is 0 Å². The quantitative estimate of drug-likeness (QED) is 0.746. The van der Waals surface area contributed by atoms with Gasteiger partial charge in [0.05, 0.1) is 18.1 Å². The van der Waals surface area contributed by atoms with Crippen LogP contribution in [0.5, 0.6) is 0 Å². The van der Waals surface area contributed by atoms with E-state index in [1.165, 1.54) is 0 Å². The zero-order chi connectivity index (χ0) is 13.7. The Balaban J connectivity index is 0.000000771.